The molecule has 2 heterocycles. The first kappa shape index (κ1) is 16.2. The number of thioether (sulfide) groups is 1. The predicted molar refractivity (Wildman–Crippen MR) is 87.0 cm³/mol. The van der Waals surface area contributed by atoms with Crippen LogP contribution in [-0.4, -0.2) is 28.3 Å². The Labute approximate surface area is 138 Å². The number of aromatic nitrogens is 2. The average Bonchev–Trinajstić information content (AvgIpc) is 3.35. The number of halogens is 2. The summed E-state index contributed by atoms with van der Waals surface area (Å²) in [5.41, 5.74) is 1.55. The molecule has 1 aliphatic rings. The molecule has 122 valence electrons. The molecule has 0 aliphatic heterocycles. The standard InChI is InChI=1S/C17H18F2N2OS/c1-17(18,19)11-22-13-6-7-14(21-9-13)16-15(3-2-8-20-16)23-10-12-4-5-12/h2-3,6-9,12H,4-5,10-11H2,1H3. The first-order valence-corrected chi connectivity index (χ1v) is 8.55. The predicted octanol–water partition coefficient (Wildman–Crippen LogP) is 4.68. The van der Waals surface area contributed by atoms with E-state index < -0.39 is 12.5 Å². The molecule has 2 aromatic heterocycles. The van der Waals surface area contributed by atoms with Crippen LogP contribution in [0.2, 0.25) is 0 Å². The van der Waals surface area contributed by atoms with Crippen LogP contribution in [0.5, 0.6) is 5.75 Å². The molecule has 2 aromatic rings. The molecule has 0 bridgehead atoms. The lowest BCUT2D eigenvalue weighted by molar-refractivity contribution is -0.0230. The van der Waals surface area contributed by atoms with E-state index in [9.17, 15) is 8.78 Å². The highest BCUT2D eigenvalue weighted by Gasteiger charge is 2.23. The second kappa shape index (κ2) is 6.83. The van der Waals surface area contributed by atoms with Gasteiger partial charge in [-0.2, -0.15) is 0 Å². The summed E-state index contributed by atoms with van der Waals surface area (Å²) in [7, 11) is 0. The minimum atomic E-state index is -2.85. The van der Waals surface area contributed by atoms with Crippen LogP contribution in [0.25, 0.3) is 11.4 Å². The molecule has 0 spiro atoms. The Kier molecular flexibility index (Phi) is 4.80. The fraction of sp³-hybridized carbons (Fsp3) is 0.412. The zero-order valence-corrected chi connectivity index (χ0v) is 13.7. The lowest BCUT2D eigenvalue weighted by Gasteiger charge is -2.12. The molecule has 3 nitrogen and oxygen atoms in total. The van der Waals surface area contributed by atoms with Gasteiger partial charge in [-0.1, -0.05) is 0 Å². The molecule has 0 unspecified atom stereocenters. The number of rotatable bonds is 7. The largest absolute Gasteiger partial charge is 0.486 e. The molecule has 0 atom stereocenters. The van der Waals surface area contributed by atoms with Crippen LogP contribution in [0.4, 0.5) is 8.78 Å². The first-order chi connectivity index (χ1) is 11.0. The van der Waals surface area contributed by atoms with Crippen molar-refractivity contribution in [2.45, 2.75) is 30.6 Å². The topological polar surface area (TPSA) is 35.0 Å². The number of hydrogen-bond acceptors (Lipinski definition) is 4. The Morgan fingerprint density at radius 3 is 2.74 bits per heavy atom. The molecule has 0 amide bonds. The third kappa shape index (κ3) is 4.89. The van der Waals surface area contributed by atoms with Crippen LogP contribution < -0.4 is 4.74 Å². The van der Waals surface area contributed by atoms with Crippen molar-refractivity contribution in [2.75, 3.05) is 12.4 Å². The first-order valence-electron chi connectivity index (χ1n) is 7.56. The quantitative estimate of drug-likeness (QED) is 0.688. The molecule has 0 saturated heterocycles. The van der Waals surface area contributed by atoms with Crippen molar-refractivity contribution in [2.24, 2.45) is 5.92 Å². The average molecular weight is 336 g/mol. The van der Waals surface area contributed by atoms with Crippen LogP contribution in [0.15, 0.2) is 41.6 Å². The van der Waals surface area contributed by atoms with E-state index in [2.05, 4.69) is 9.97 Å². The Morgan fingerprint density at radius 2 is 2.09 bits per heavy atom. The highest BCUT2D eigenvalue weighted by Crippen LogP contribution is 2.37. The smallest absolute Gasteiger partial charge is 0.278 e. The Hall–Kier alpha value is -1.69. The van der Waals surface area contributed by atoms with Gasteiger partial charge in [0.2, 0.25) is 0 Å². The van der Waals surface area contributed by atoms with Gasteiger partial charge in [-0.05, 0) is 43.0 Å². The molecule has 0 N–H and O–H groups in total. The molecule has 3 rings (SSSR count). The molecule has 6 heteroatoms. The zero-order valence-electron chi connectivity index (χ0n) is 12.8. The van der Waals surface area contributed by atoms with Crippen molar-refractivity contribution in [1.29, 1.82) is 0 Å². The van der Waals surface area contributed by atoms with Gasteiger partial charge < -0.3 is 4.74 Å². The summed E-state index contributed by atoms with van der Waals surface area (Å²) in [5.74, 6) is -0.594. The van der Waals surface area contributed by atoms with Gasteiger partial charge in [0.15, 0.2) is 6.61 Å². The van der Waals surface area contributed by atoms with Gasteiger partial charge >= 0.3 is 0 Å². The van der Waals surface area contributed by atoms with Crippen LogP contribution in [0.1, 0.15) is 19.8 Å². The maximum absolute atomic E-state index is 12.8. The van der Waals surface area contributed by atoms with Gasteiger partial charge in [0.25, 0.3) is 5.92 Å². The number of ether oxygens (including phenoxy) is 1. The van der Waals surface area contributed by atoms with E-state index in [0.717, 1.165) is 34.9 Å². The summed E-state index contributed by atoms with van der Waals surface area (Å²) >= 11 is 1.80. The van der Waals surface area contributed by atoms with E-state index in [1.54, 1.807) is 30.1 Å². The number of alkyl halides is 2. The summed E-state index contributed by atoms with van der Waals surface area (Å²) in [5, 5.41) is 0. The van der Waals surface area contributed by atoms with Crippen LogP contribution >= 0.6 is 11.8 Å². The lowest BCUT2D eigenvalue weighted by Crippen LogP contribution is -2.20. The fourth-order valence-electron chi connectivity index (χ4n) is 2.01. The van der Waals surface area contributed by atoms with E-state index in [4.69, 9.17) is 4.74 Å². The second-order valence-electron chi connectivity index (χ2n) is 5.84. The molecular formula is C17H18F2N2OS. The van der Waals surface area contributed by atoms with Crippen LogP contribution in [0, 0.1) is 5.92 Å². The SMILES string of the molecule is CC(F)(F)COc1ccc(-c2ncccc2SCC2CC2)nc1. The van der Waals surface area contributed by atoms with Crippen molar-refractivity contribution in [1.82, 2.24) is 9.97 Å². The molecular weight excluding hydrogens is 318 g/mol. The van der Waals surface area contributed by atoms with Gasteiger partial charge in [0.1, 0.15) is 11.4 Å². The van der Waals surface area contributed by atoms with E-state index in [-0.39, 0.29) is 0 Å². The normalized spacial score (nSPS) is 14.7. The highest BCUT2D eigenvalue weighted by atomic mass is 32.2. The second-order valence-corrected chi connectivity index (χ2v) is 6.90. The molecule has 0 aromatic carbocycles. The van der Waals surface area contributed by atoms with Crippen LogP contribution in [0.3, 0.4) is 0 Å². The summed E-state index contributed by atoms with van der Waals surface area (Å²) in [6.45, 7) is 0.173. The van der Waals surface area contributed by atoms with Gasteiger partial charge in [0, 0.05) is 23.8 Å². The minimum Gasteiger partial charge on any atom is -0.486 e. The molecule has 1 aliphatic carbocycles. The van der Waals surface area contributed by atoms with E-state index in [1.807, 2.05) is 12.1 Å². The van der Waals surface area contributed by atoms with Crippen molar-refractivity contribution in [3.63, 3.8) is 0 Å². The monoisotopic (exact) mass is 336 g/mol. The summed E-state index contributed by atoms with van der Waals surface area (Å²) < 4.78 is 30.6. The third-order valence-corrected chi connectivity index (χ3v) is 4.69. The van der Waals surface area contributed by atoms with Gasteiger partial charge in [0.05, 0.1) is 11.9 Å². The van der Waals surface area contributed by atoms with E-state index in [1.165, 1.54) is 19.0 Å². The van der Waals surface area contributed by atoms with Crippen molar-refractivity contribution < 1.29 is 13.5 Å². The molecule has 23 heavy (non-hydrogen) atoms. The van der Waals surface area contributed by atoms with E-state index >= 15 is 0 Å². The number of hydrogen-bond donors (Lipinski definition) is 0. The van der Waals surface area contributed by atoms with Crippen LogP contribution in [-0.2, 0) is 0 Å². The Bertz CT molecular complexity index is 654. The van der Waals surface area contributed by atoms with Gasteiger partial charge in [-0.15, -0.1) is 11.8 Å². The number of nitrogens with zero attached hydrogens (tertiary/aromatic N) is 2. The summed E-state index contributed by atoms with van der Waals surface area (Å²) in [4.78, 5) is 9.82. The zero-order chi connectivity index (χ0) is 16.3. The third-order valence-electron chi connectivity index (χ3n) is 3.41. The minimum absolute atomic E-state index is 0.332. The van der Waals surface area contributed by atoms with Crippen molar-refractivity contribution in [3.8, 4) is 17.1 Å². The Morgan fingerprint density at radius 1 is 1.26 bits per heavy atom. The number of pyridine rings is 2. The molecule has 1 saturated carbocycles. The molecule has 0 radical (unpaired) electrons. The van der Waals surface area contributed by atoms with Crippen molar-refractivity contribution >= 4 is 11.8 Å². The van der Waals surface area contributed by atoms with E-state index in [0.29, 0.717) is 5.75 Å². The molecule has 1 fully saturated rings. The summed E-state index contributed by atoms with van der Waals surface area (Å²) in [6.07, 6.45) is 5.83. The maximum atomic E-state index is 12.8. The maximum Gasteiger partial charge on any atom is 0.278 e. The Balaban J connectivity index is 1.71. The highest BCUT2D eigenvalue weighted by molar-refractivity contribution is 7.99. The fourth-order valence-corrected chi connectivity index (χ4v) is 3.22. The summed E-state index contributed by atoms with van der Waals surface area (Å²) in [6, 6.07) is 7.36. The lowest BCUT2D eigenvalue weighted by atomic mass is 10.2. The van der Waals surface area contributed by atoms with Gasteiger partial charge in [-0.3, -0.25) is 9.97 Å². The van der Waals surface area contributed by atoms with Gasteiger partial charge in [-0.25, -0.2) is 8.78 Å². The van der Waals surface area contributed by atoms with Crippen molar-refractivity contribution in [3.05, 3.63) is 36.7 Å².